The maximum Gasteiger partial charge on any atom is 1.00 e. The topological polar surface area (TPSA) is 487 Å². The van der Waals surface area contributed by atoms with Crippen LogP contribution in [0.15, 0.2) is 194 Å². The largest absolute Gasteiger partial charge is 1.00 e. The molecule has 0 spiro atoms. The molecule has 40 heteroatoms. The molecule has 8 aromatic carbocycles. The Kier molecular flexibility index (Phi) is 47.3. The van der Waals surface area contributed by atoms with Gasteiger partial charge in [0, 0.05) is 0 Å². The van der Waals surface area contributed by atoms with Crippen LogP contribution in [0, 0.1) is 0 Å². The van der Waals surface area contributed by atoms with Crippen molar-refractivity contribution in [1.82, 2.24) is 0 Å². The molecule has 0 bridgehead atoms. The first-order chi connectivity index (χ1) is 49.5. The molecule has 0 amide bonds. The minimum absolute atomic E-state index is 0. The first-order valence-corrected chi connectivity index (χ1v) is 29.8. The Morgan fingerprint density at radius 1 is 0.223 bits per heavy atom. The molecule has 0 aromatic heterocycles. The number of esters is 12. The Bertz CT molecular complexity index is 4540. The first-order valence-electron chi connectivity index (χ1n) is 29.8. The van der Waals surface area contributed by atoms with Crippen molar-refractivity contribution in [3.8, 4) is 46.0 Å². The van der Waals surface area contributed by atoms with Gasteiger partial charge in [0.05, 0.1) is 38.5 Å². The fourth-order valence-corrected chi connectivity index (χ4v) is 9.07. The number of aliphatic carboxylic acids is 2. The molecule has 2 unspecified atom stereocenters. The summed E-state index contributed by atoms with van der Waals surface area (Å²) in [6.45, 7) is 0. The second kappa shape index (κ2) is 50.2. The first kappa shape index (κ1) is 106. The molecule has 0 radical (unpaired) electrons. The number of rotatable bonds is 29. The summed E-state index contributed by atoms with van der Waals surface area (Å²) in [5.74, 6) is -28.0. The van der Waals surface area contributed by atoms with Crippen LogP contribution in [0.5, 0.6) is 46.0 Å². The zero-order valence-corrected chi connectivity index (χ0v) is 77.0. The van der Waals surface area contributed by atoms with Crippen LogP contribution in [-0.2, 0) is 47.8 Å². The molecule has 530 valence electrons. The van der Waals surface area contributed by atoms with Gasteiger partial charge in [0.15, 0.2) is 11.2 Å². The van der Waals surface area contributed by atoms with E-state index in [1.807, 2.05) is 0 Å². The van der Waals surface area contributed by atoms with Crippen LogP contribution in [0.3, 0.4) is 0 Å². The van der Waals surface area contributed by atoms with Gasteiger partial charge >= 0.3 is 332 Å². The molecule has 0 aliphatic heterocycles. The molecule has 0 saturated carbocycles. The number of benzene rings is 8. The van der Waals surface area contributed by atoms with Crippen LogP contribution in [0.2, 0.25) is 0 Å². The third-order valence-corrected chi connectivity index (χ3v) is 14.1. The molecule has 0 fully saturated rings. The molecule has 8 rings (SSSR count). The number of ether oxygens (including phenoxy) is 10. The Hall–Kier alpha value is -6.40. The van der Waals surface area contributed by atoms with Gasteiger partial charge in [-0.3, -0.25) is 28.8 Å². The van der Waals surface area contributed by atoms with E-state index >= 15 is 0 Å². The summed E-state index contributed by atoms with van der Waals surface area (Å²) in [6, 6.07) is 40.2. The quantitative estimate of drug-likeness (QED) is 0.0110. The predicted octanol–water partition coefficient (Wildman–Crippen LogP) is -16.9. The minimum atomic E-state index is -3.40. The monoisotopic (exact) mass is 1610 g/mol. The molecule has 0 saturated heterocycles. The molecular formula is C72H50Na8O32+8. The average Bonchev–Trinajstić information content (AvgIpc) is 0.826. The van der Waals surface area contributed by atoms with Crippen molar-refractivity contribution in [2.24, 2.45) is 0 Å². The van der Waals surface area contributed by atoms with Gasteiger partial charge in [-0.1, -0.05) is 97.1 Å². The number of carbonyl (C=O) groups excluding carboxylic acids is 12. The Labute approximate surface area is 809 Å². The summed E-state index contributed by atoms with van der Waals surface area (Å²) in [5.41, 5.74) is -10.00. The third kappa shape index (κ3) is 30.0. The van der Waals surface area contributed by atoms with Gasteiger partial charge in [0.2, 0.25) is 0 Å². The fourth-order valence-electron chi connectivity index (χ4n) is 9.07. The van der Waals surface area contributed by atoms with E-state index in [1.54, 1.807) is 0 Å². The van der Waals surface area contributed by atoms with Crippen LogP contribution in [0.4, 0.5) is 0 Å². The van der Waals surface area contributed by atoms with E-state index in [9.17, 15) is 107 Å². The molecular weight excluding hydrogens is 1560 g/mol. The Balaban J connectivity index is 0.0000154. The maximum atomic E-state index is 13.6. The number of para-hydroxylation sites is 8. The summed E-state index contributed by atoms with van der Waals surface area (Å²) in [7, 11) is 0. The van der Waals surface area contributed by atoms with Crippen molar-refractivity contribution in [3.63, 3.8) is 0 Å². The molecule has 6 N–H and O–H groups in total. The van der Waals surface area contributed by atoms with Gasteiger partial charge in [-0.15, -0.1) is 0 Å². The zero-order chi connectivity index (χ0) is 75.4. The third-order valence-electron chi connectivity index (χ3n) is 14.1. The van der Waals surface area contributed by atoms with Gasteiger partial charge in [0.25, 0.3) is 0 Å². The van der Waals surface area contributed by atoms with Gasteiger partial charge in [-0.2, -0.15) is 0 Å². The van der Waals surface area contributed by atoms with Crippen molar-refractivity contribution in [1.29, 1.82) is 0 Å². The average molecular weight is 1610 g/mol. The summed E-state index contributed by atoms with van der Waals surface area (Å²) in [5, 5.41) is 60.7. The van der Waals surface area contributed by atoms with E-state index in [2.05, 4.69) is 9.47 Å². The van der Waals surface area contributed by atoms with E-state index in [0.29, 0.717) is 0 Å². The molecule has 8 aromatic rings. The number of hydrogen-bond acceptors (Lipinski definition) is 28. The van der Waals surface area contributed by atoms with Gasteiger partial charge < -0.3 is 78.0 Å². The van der Waals surface area contributed by atoms with Crippen molar-refractivity contribution in [3.05, 3.63) is 239 Å². The molecule has 0 aliphatic rings. The van der Waals surface area contributed by atoms with Crippen molar-refractivity contribution >= 4 is 95.5 Å². The zero-order valence-electron chi connectivity index (χ0n) is 61.0. The van der Waals surface area contributed by atoms with Gasteiger partial charge in [0.1, 0.15) is 90.5 Å². The van der Waals surface area contributed by atoms with Crippen LogP contribution >= 0.6 is 0 Å². The molecule has 0 heterocycles. The predicted molar refractivity (Wildman–Crippen MR) is 342 cm³/mol. The van der Waals surface area contributed by atoms with E-state index in [0.717, 1.165) is 36.4 Å². The Morgan fingerprint density at radius 3 is 0.571 bits per heavy atom. The van der Waals surface area contributed by atoms with E-state index < -0.39 is 190 Å². The normalized spacial score (nSPS) is 10.9. The van der Waals surface area contributed by atoms with Gasteiger partial charge in [-0.05, 0) is 97.1 Å². The number of carboxylic acids is 4. The number of aliphatic hydroxyl groups is 2. The van der Waals surface area contributed by atoms with E-state index in [-0.39, 0.29) is 282 Å². The van der Waals surface area contributed by atoms with Crippen molar-refractivity contribution < 1.29 is 391 Å². The number of aromatic carboxylic acids is 2. The molecule has 112 heavy (non-hydrogen) atoms. The Morgan fingerprint density at radius 2 is 0.384 bits per heavy atom. The number of carboxylic acid groups (broad SMARTS) is 4. The van der Waals surface area contributed by atoms with Crippen molar-refractivity contribution in [2.45, 2.75) is 49.7 Å². The molecule has 2 atom stereocenters. The fraction of sp³-hybridized carbons (Fsp3) is 0.111. The minimum Gasteiger partial charge on any atom is -0.479 e. The van der Waals surface area contributed by atoms with Crippen molar-refractivity contribution in [2.75, 3.05) is 0 Å². The number of carbonyl (C=O) groups is 16. The SMILES string of the molecule is O=C(CCC(=O)OC(=O)CC(O)(CC(=O)Oc1ccccc1C(=O)Oc1ccccc1C(=O)Oc1ccccc1C(=O)Oc1ccccc1C(=O)O)C(=O)O)OC(=O)CC(O)(CC(=O)Oc1ccccc1C(=O)Oc1ccccc1C(=O)Oc1ccccc1C(=O)Oc1ccccc1C(=O)O)C(=O)O.[Na+].[Na+].[Na+].[Na+].[Na+].[Na+].[Na+].[Na+]. The number of hydrogen-bond donors (Lipinski definition) is 6. The van der Waals surface area contributed by atoms with Crippen LogP contribution in [-0.4, -0.2) is 137 Å². The van der Waals surface area contributed by atoms with Crippen LogP contribution in [0.25, 0.3) is 0 Å². The summed E-state index contributed by atoms with van der Waals surface area (Å²) in [6.07, 6.45) is -8.69. The summed E-state index contributed by atoms with van der Waals surface area (Å²) >= 11 is 0. The van der Waals surface area contributed by atoms with E-state index in [4.69, 9.17) is 37.9 Å². The smallest absolute Gasteiger partial charge is 0.479 e. The van der Waals surface area contributed by atoms with Crippen LogP contribution < -0.4 is 274 Å². The van der Waals surface area contributed by atoms with Gasteiger partial charge in [-0.25, -0.2) is 47.9 Å². The maximum absolute atomic E-state index is 13.6. The second-order valence-electron chi connectivity index (χ2n) is 21.4. The molecule has 32 nitrogen and oxygen atoms in total. The standard InChI is InChI=1S/C72H50O32.8Na/c73-55(103-59(77)37-71(93,69(89)90)35-57(75)95-49-27-11-3-19-41(49)63(83)99-53-31-15-7-23-45(53)67(87)101-51-29-13-5-21-43(51)65(85)97-47-25-9-1-17-39(47)61(79)80)33-34-56(74)104-60(78)38-72(94,70(91)92)36-58(76)96-50-28-12-4-20-42(50)64(84)100-54-32-16-8-24-46(54)68(88)102-52-30-14-6-22-44(52)66(86)98-48-26-10-2-18-40(48)62(81)82;;;;;;;;/h1-32,93-94H,33-38H2,(H,79,80)(H,81,82)(H,89,90)(H,91,92);;;;;;;;/q;8*+1. The molecule has 0 aliphatic carbocycles. The second-order valence-corrected chi connectivity index (χ2v) is 21.4. The van der Waals surface area contributed by atoms with Crippen LogP contribution in [0.1, 0.15) is 121 Å². The van der Waals surface area contributed by atoms with E-state index in [1.165, 1.54) is 158 Å². The summed E-state index contributed by atoms with van der Waals surface area (Å²) in [4.78, 5) is 206. The summed E-state index contributed by atoms with van der Waals surface area (Å²) < 4.78 is 51.7.